The van der Waals surface area contributed by atoms with Gasteiger partial charge in [0, 0.05) is 6.54 Å². The van der Waals surface area contributed by atoms with Gasteiger partial charge in [0.15, 0.2) is 0 Å². The van der Waals surface area contributed by atoms with Gasteiger partial charge in [-0.2, -0.15) is 4.72 Å². The van der Waals surface area contributed by atoms with Gasteiger partial charge in [0.05, 0.1) is 11.5 Å². The van der Waals surface area contributed by atoms with Crippen molar-refractivity contribution in [2.45, 2.75) is 44.6 Å². The molecule has 2 N–H and O–H groups in total. The summed E-state index contributed by atoms with van der Waals surface area (Å²) in [5.41, 5.74) is 0.880. The van der Waals surface area contributed by atoms with Crippen LogP contribution in [0.3, 0.4) is 0 Å². The maximum atomic E-state index is 12.9. The zero-order chi connectivity index (χ0) is 21.3. The summed E-state index contributed by atoms with van der Waals surface area (Å²) < 4.78 is 33.6. The van der Waals surface area contributed by atoms with E-state index in [-0.39, 0.29) is 17.2 Å². The lowest BCUT2D eigenvalue weighted by Gasteiger charge is -2.19. The van der Waals surface area contributed by atoms with Gasteiger partial charge in [0.1, 0.15) is 11.8 Å². The predicted octanol–water partition coefficient (Wildman–Crippen LogP) is 3.14. The Morgan fingerprint density at radius 2 is 1.69 bits per heavy atom. The number of sulfonamides is 1. The van der Waals surface area contributed by atoms with Crippen LogP contribution < -0.4 is 14.8 Å². The molecule has 6 nitrogen and oxygen atoms in total. The highest BCUT2D eigenvalue weighted by Crippen LogP contribution is 2.17. The molecule has 1 atom stereocenters. The summed E-state index contributed by atoms with van der Waals surface area (Å²) in [4.78, 5) is 12.8. The molecule has 2 aromatic rings. The summed E-state index contributed by atoms with van der Waals surface area (Å²) in [7, 11) is -3.86. The Morgan fingerprint density at radius 3 is 2.28 bits per heavy atom. The first kappa shape index (κ1) is 22.9. The van der Waals surface area contributed by atoms with Crippen LogP contribution >= 0.6 is 0 Å². The topological polar surface area (TPSA) is 84.5 Å². The molecule has 2 aromatic carbocycles. The second-order valence-electron chi connectivity index (χ2n) is 7.24. The standard InChI is InChI=1S/C22H30N2O4S/c1-4-28-19-10-12-20(13-11-19)29(26,27)24-21(16-18-8-6-5-7-9-18)22(25)23-15-14-17(2)3/h5-13,17,21,24H,4,14-16H2,1-3H3,(H,23,25). The molecule has 0 aliphatic heterocycles. The third-order valence-electron chi connectivity index (χ3n) is 4.36. The normalized spacial score (nSPS) is 12.6. The van der Waals surface area contributed by atoms with Crippen LogP contribution in [0.4, 0.5) is 0 Å². The highest BCUT2D eigenvalue weighted by molar-refractivity contribution is 7.89. The lowest BCUT2D eigenvalue weighted by atomic mass is 10.1. The summed E-state index contributed by atoms with van der Waals surface area (Å²) >= 11 is 0. The number of benzene rings is 2. The summed E-state index contributed by atoms with van der Waals surface area (Å²) in [6.45, 7) is 7.01. The van der Waals surface area contributed by atoms with Gasteiger partial charge in [0.25, 0.3) is 0 Å². The maximum Gasteiger partial charge on any atom is 0.241 e. The quantitative estimate of drug-likeness (QED) is 0.587. The van der Waals surface area contributed by atoms with E-state index in [2.05, 4.69) is 23.9 Å². The third kappa shape index (κ3) is 7.51. The van der Waals surface area contributed by atoms with Crippen LogP contribution in [0.5, 0.6) is 5.75 Å². The molecule has 0 spiro atoms. The van der Waals surface area contributed by atoms with E-state index >= 15 is 0 Å². The maximum absolute atomic E-state index is 12.9. The number of hydrogen-bond acceptors (Lipinski definition) is 4. The smallest absolute Gasteiger partial charge is 0.241 e. The molecule has 0 fully saturated rings. The highest BCUT2D eigenvalue weighted by atomic mass is 32.2. The zero-order valence-electron chi connectivity index (χ0n) is 17.2. The summed E-state index contributed by atoms with van der Waals surface area (Å²) in [6.07, 6.45) is 1.10. The van der Waals surface area contributed by atoms with E-state index in [4.69, 9.17) is 4.74 Å². The van der Waals surface area contributed by atoms with Crippen molar-refractivity contribution >= 4 is 15.9 Å². The summed E-state index contributed by atoms with van der Waals surface area (Å²) in [5.74, 6) is 0.714. The Morgan fingerprint density at radius 1 is 1.03 bits per heavy atom. The average Bonchev–Trinajstić information content (AvgIpc) is 2.68. The molecule has 0 saturated carbocycles. The number of carbonyl (C=O) groups excluding carboxylic acids is 1. The van der Waals surface area contributed by atoms with Crippen molar-refractivity contribution in [3.8, 4) is 5.75 Å². The molecule has 0 aliphatic carbocycles. The number of hydrogen-bond donors (Lipinski definition) is 2. The number of amides is 1. The number of carbonyl (C=O) groups is 1. The van der Waals surface area contributed by atoms with Crippen LogP contribution in [0.15, 0.2) is 59.5 Å². The van der Waals surface area contributed by atoms with Gasteiger partial charge in [-0.25, -0.2) is 8.42 Å². The lowest BCUT2D eigenvalue weighted by molar-refractivity contribution is -0.122. The van der Waals surface area contributed by atoms with E-state index in [9.17, 15) is 13.2 Å². The molecule has 0 aliphatic rings. The van der Waals surface area contributed by atoms with Crippen molar-refractivity contribution in [3.05, 3.63) is 60.2 Å². The minimum absolute atomic E-state index is 0.0917. The number of ether oxygens (including phenoxy) is 1. The Labute approximate surface area is 173 Å². The predicted molar refractivity (Wildman–Crippen MR) is 114 cm³/mol. The Hall–Kier alpha value is -2.38. The number of rotatable bonds is 11. The monoisotopic (exact) mass is 418 g/mol. The Kier molecular flexibility index (Phi) is 8.67. The molecule has 0 radical (unpaired) electrons. The zero-order valence-corrected chi connectivity index (χ0v) is 18.0. The van der Waals surface area contributed by atoms with E-state index in [1.54, 1.807) is 12.1 Å². The van der Waals surface area contributed by atoms with Crippen LogP contribution in [-0.2, 0) is 21.2 Å². The van der Waals surface area contributed by atoms with Crippen LogP contribution in [0.25, 0.3) is 0 Å². The molecule has 29 heavy (non-hydrogen) atoms. The fourth-order valence-corrected chi connectivity index (χ4v) is 3.98. The first-order valence-electron chi connectivity index (χ1n) is 9.88. The fraction of sp³-hybridized carbons (Fsp3) is 0.409. The molecule has 2 rings (SSSR count). The van der Waals surface area contributed by atoms with Crippen molar-refractivity contribution in [2.24, 2.45) is 5.92 Å². The molecule has 0 bridgehead atoms. The SMILES string of the molecule is CCOc1ccc(S(=O)(=O)NC(Cc2ccccc2)C(=O)NCCC(C)C)cc1. The van der Waals surface area contributed by atoms with E-state index in [1.165, 1.54) is 12.1 Å². The second kappa shape index (κ2) is 11.0. The van der Waals surface area contributed by atoms with Crippen molar-refractivity contribution in [1.82, 2.24) is 10.0 Å². The van der Waals surface area contributed by atoms with Gasteiger partial charge in [-0.15, -0.1) is 0 Å². The van der Waals surface area contributed by atoms with Crippen LogP contribution in [0.1, 0.15) is 32.8 Å². The van der Waals surface area contributed by atoms with Crippen molar-refractivity contribution in [2.75, 3.05) is 13.2 Å². The van der Waals surface area contributed by atoms with Gasteiger partial charge in [0.2, 0.25) is 15.9 Å². The van der Waals surface area contributed by atoms with Crippen molar-refractivity contribution in [1.29, 1.82) is 0 Å². The number of nitrogens with one attached hydrogen (secondary N) is 2. The summed E-state index contributed by atoms with van der Waals surface area (Å²) in [6, 6.07) is 14.6. The minimum atomic E-state index is -3.86. The van der Waals surface area contributed by atoms with Crippen LogP contribution in [0.2, 0.25) is 0 Å². The molecule has 0 heterocycles. The van der Waals surface area contributed by atoms with Gasteiger partial charge in [-0.1, -0.05) is 44.2 Å². The highest BCUT2D eigenvalue weighted by Gasteiger charge is 2.26. The molecular weight excluding hydrogens is 388 g/mol. The van der Waals surface area contributed by atoms with Gasteiger partial charge < -0.3 is 10.1 Å². The first-order chi connectivity index (χ1) is 13.8. The summed E-state index contributed by atoms with van der Waals surface area (Å²) in [5, 5.41) is 2.85. The van der Waals surface area contributed by atoms with E-state index in [0.29, 0.717) is 24.8 Å². The molecule has 1 amide bonds. The van der Waals surface area contributed by atoms with Crippen molar-refractivity contribution in [3.63, 3.8) is 0 Å². The molecule has 0 aromatic heterocycles. The van der Waals surface area contributed by atoms with Gasteiger partial charge >= 0.3 is 0 Å². The van der Waals surface area contributed by atoms with Gasteiger partial charge in [-0.3, -0.25) is 4.79 Å². The van der Waals surface area contributed by atoms with Crippen LogP contribution in [0, 0.1) is 5.92 Å². The molecule has 0 saturated heterocycles. The third-order valence-corrected chi connectivity index (χ3v) is 5.85. The lowest BCUT2D eigenvalue weighted by Crippen LogP contribution is -2.48. The average molecular weight is 419 g/mol. The second-order valence-corrected chi connectivity index (χ2v) is 8.96. The Bertz CT molecular complexity index is 865. The molecule has 1 unspecified atom stereocenters. The van der Waals surface area contributed by atoms with Crippen LogP contribution in [-0.4, -0.2) is 33.5 Å². The van der Waals surface area contributed by atoms with Crippen molar-refractivity contribution < 1.29 is 17.9 Å². The Balaban J connectivity index is 2.16. The fourth-order valence-electron chi connectivity index (χ4n) is 2.78. The molecule has 158 valence electrons. The first-order valence-corrected chi connectivity index (χ1v) is 11.4. The van der Waals surface area contributed by atoms with E-state index in [1.807, 2.05) is 37.3 Å². The molecule has 7 heteroatoms. The van der Waals surface area contributed by atoms with E-state index < -0.39 is 16.1 Å². The van der Waals surface area contributed by atoms with E-state index in [0.717, 1.165) is 12.0 Å². The minimum Gasteiger partial charge on any atom is -0.494 e. The molecular formula is C22H30N2O4S. The largest absolute Gasteiger partial charge is 0.494 e. The van der Waals surface area contributed by atoms with Gasteiger partial charge in [-0.05, 0) is 55.5 Å².